The Kier molecular flexibility index (Phi) is 3.54. The fraction of sp³-hybridized carbons (Fsp3) is 0.0556. The highest BCUT2D eigenvalue weighted by Crippen LogP contribution is 2.39. The molecule has 9 heteroatoms. The Hall–Kier alpha value is -3.46. The lowest BCUT2D eigenvalue weighted by Gasteiger charge is -2.10. The van der Waals surface area contributed by atoms with E-state index in [1.165, 1.54) is 11.8 Å². The average Bonchev–Trinajstić information content (AvgIpc) is 3.28. The number of anilines is 1. The van der Waals surface area contributed by atoms with E-state index in [-0.39, 0.29) is 0 Å². The summed E-state index contributed by atoms with van der Waals surface area (Å²) in [5, 5.41) is 18.8. The van der Waals surface area contributed by atoms with Crippen LogP contribution in [0.1, 0.15) is 0 Å². The van der Waals surface area contributed by atoms with E-state index in [4.69, 9.17) is 5.73 Å². The zero-order valence-corrected chi connectivity index (χ0v) is 15.1. The molecule has 0 spiro atoms. The molecular weight excluding hydrogens is 360 g/mol. The second-order valence-electron chi connectivity index (χ2n) is 6.02. The summed E-state index contributed by atoms with van der Waals surface area (Å²) < 4.78 is 3.44. The van der Waals surface area contributed by atoms with Crippen LogP contribution in [0.3, 0.4) is 0 Å². The van der Waals surface area contributed by atoms with Crippen molar-refractivity contribution in [2.45, 2.75) is 10.1 Å². The van der Waals surface area contributed by atoms with Gasteiger partial charge in [0.05, 0.1) is 11.7 Å². The van der Waals surface area contributed by atoms with E-state index >= 15 is 0 Å². The SMILES string of the molecule is Cn1cc(-c2c(Sc3nnc4ccc(N)nn34)ccc3ncccc23)cn1. The number of fused-ring (bicyclic) bond motifs is 2. The maximum absolute atomic E-state index is 5.83. The molecular formula is C18H14N8S. The number of aryl methyl sites for hydroxylation is 1. The maximum Gasteiger partial charge on any atom is 0.217 e. The first kappa shape index (κ1) is 15.8. The van der Waals surface area contributed by atoms with Gasteiger partial charge in [0.25, 0.3) is 0 Å². The third-order valence-electron chi connectivity index (χ3n) is 4.20. The minimum Gasteiger partial charge on any atom is -0.382 e. The van der Waals surface area contributed by atoms with Crippen LogP contribution < -0.4 is 5.73 Å². The van der Waals surface area contributed by atoms with E-state index in [1.807, 2.05) is 37.6 Å². The van der Waals surface area contributed by atoms with Gasteiger partial charge >= 0.3 is 0 Å². The fourth-order valence-electron chi connectivity index (χ4n) is 3.01. The van der Waals surface area contributed by atoms with Crippen LogP contribution in [0.4, 0.5) is 5.82 Å². The maximum atomic E-state index is 5.83. The van der Waals surface area contributed by atoms with E-state index in [1.54, 1.807) is 27.5 Å². The molecule has 1 aromatic carbocycles. The van der Waals surface area contributed by atoms with E-state index in [2.05, 4.69) is 31.4 Å². The molecule has 5 aromatic rings. The van der Waals surface area contributed by atoms with Gasteiger partial charge < -0.3 is 5.73 Å². The largest absolute Gasteiger partial charge is 0.382 e. The summed E-state index contributed by atoms with van der Waals surface area (Å²) in [6, 6.07) is 11.5. The average molecular weight is 374 g/mol. The van der Waals surface area contributed by atoms with Crippen molar-refractivity contribution in [1.82, 2.24) is 34.6 Å². The molecule has 0 saturated heterocycles. The molecule has 132 valence electrons. The molecule has 27 heavy (non-hydrogen) atoms. The molecule has 5 rings (SSSR count). The van der Waals surface area contributed by atoms with Gasteiger partial charge in [-0.3, -0.25) is 9.67 Å². The lowest BCUT2D eigenvalue weighted by Crippen LogP contribution is -1.98. The quantitative estimate of drug-likeness (QED) is 0.518. The smallest absolute Gasteiger partial charge is 0.217 e. The third-order valence-corrected chi connectivity index (χ3v) is 5.19. The molecule has 8 nitrogen and oxygen atoms in total. The van der Waals surface area contributed by atoms with Crippen LogP contribution in [-0.4, -0.2) is 34.6 Å². The molecule has 0 atom stereocenters. The minimum atomic E-state index is 0.416. The van der Waals surface area contributed by atoms with Crippen molar-refractivity contribution in [1.29, 1.82) is 0 Å². The van der Waals surface area contributed by atoms with Crippen LogP contribution in [0.15, 0.2) is 65.0 Å². The molecule has 0 aliphatic rings. The molecule has 0 amide bonds. The van der Waals surface area contributed by atoms with Crippen LogP contribution in [0, 0.1) is 0 Å². The summed E-state index contributed by atoms with van der Waals surface area (Å²) in [7, 11) is 1.90. The van der Waals surface area contributed by atoms with Gasteiger partial charge in [0.1, 0.15) is 5.82 Å². The number of rotatable bonds is 3. The highest BCUT2D eigenvalue weighted by atomic mass is 32.2. The van der Waals surface area contributed by atoms with Gasteiger partial charge in [0, 0.05) is 40.8 Å². The molecule has 4 heterocycles. The first-order chi connectivity index (χ1) is 13.2. The van der Waals surface area contributed by atoms with Crippen LogP contribution in [0.2, 0.25) is 0 Å². The predicted octanol–water partition coefficient (Wildman–Crippen LogP) is 2.81. The number of hydrogen-bond acceptors (Lipinski definition) is 7. The Morgan fingerprint density at radius 2 is 2.00 bits per heavy atom. The molecule has 0 saturated carbocycles. The molecule has 0 aliphatic carbocycles. The first-order valence-electron chi connectivity index (χ1n) is 8.21. The Morgan fingerprint density at radius 1 is 1.07 bits per heavy atom. The number of benzene rings is 1. The summed E-state index contributed by atoms with van der Waals surface area (Å²) in [4.78, 5) is 5.49. The second-order valence-corrected chi connectivity index (χ2v) is 7.03. The highest BCUT2D eigenvalue weighted by Gasteiger charge is 2.16. The van der Waals surface area contributed by atoms with Crippen molar-refractivity contribution in [3.8, 4) is 11.1 Å². The van der Waals surface area contributed by atoms with E-state index in [0.717, 1.165) is 26.9 Å². The lowest BCUT2D eigenvalue weighted by atomic mass is 10.0. The van der Waals surface area contributed by atoms with E-state index < -0.39 is 0 Å². The van der Waals surface area contributed by atoms with Crippen molar-refractivity contribution >= 4 is 34.1 Å². The van der Waals surface area contributed by atoms with Crippen LogP contribution in [0.5, 0.6) is 0 Å². The summed E-state index contributed by atoms with van der Waals surface area (Å²) >= 11 is 1.48. The zero-order chi connectivity index (χ0) is 18.4. The first-order valence-corrected chi connectivity index (χ1v) is 9.03. The van der Waals surface area contributed by atoms with Crippen molar-refractivity contribution < 1.29 is 0 Å². The van der Waals surface area contributed by atoms with Crippen LogP contribution in [-0.2, 0) is 7.05 Å². The molecule has 0 unspecified atom stereocenters. The lowest BCUT2D eigenvalue weighted by molar-refractivity contribution is 0.768. The van der Waals surface area contributed by atoms with Crippen LogP contribution >= 0.6 is 11.8 Å². The molecule has 0 radical (unpaired) electrons. The molecule has 0 aliphatic heterocycles. The van der Waals surface area contributed by atoms with Gasteiger partial charge in [-0.2, -0.15) is 9.61 Å². The van der Waals surface area contributed by atoms with Gasteiger partial charge in [-0.25, -0.2) is 0 Å². The van der Waals surface area contributed by atoms with Gasteiger partial charge in [-0.1, -0.05) is 6.07 Å². The topological polar surface area (TPSA) is 99.8 Å². The van der Waals surface area contributed by atoms with Crippen molar-refractivity contribution in [3.63, 3.8) is 0 Å². The number of nitrogens with zero attached hydrogens (tertiary/aromatic N) is 7. The van der Waals surface area contributed by atoms with Crippen molar-refractivity contribution in [3.05, 3.63) is 55.0 Å². The molecule has 2 N–H and O–H groups in total. The van der Waals surface area contributed by atoms with E-state index in [9.17, 15) is 0 Å². The number of pyridine rings is 1. The van der Waals surface area contributed by atoms with E-state index in [0.29, 0.717) is 16.6 Å². The molecule has 0 fully saturated rings. The van der Waals surface area contributed by atoms with Gasteiger partial charge in [0.15, 0.2) is 5.65 Å². The Bertz CT molecular complexity index is 1290. The summed E-state index contributed by atoms with van der Waals surface area (Å²) in [6.45, 7) is 0. The van der Waals surface area contributed by atoms with Gasteiger partial charge in [-0.15, -0.1) is 15.3 Å². The Balaban J connectivity index is 1.71. The highest BCUT2D eigenvalue weighted by molar-refractivity contribution is 7.99. The number of hydrogen-bond donors (Lipinski definition) is 1. The second kappa shape index (κ2) is 6.06. The standard InChI is InChI=1S/C18H14N8S/c1-25-10-11(9-21-25)17-12-3-2-8-20-13(12)4-5-14(17)27-18-23-22-16-7-6-15(19)24-26(16)18/h2-10H,1H3,(H2,19,24). The number of nitrogen functional groups attached to an aromatic ring is 1. The number of nitrogens with two attached hydrogens (primary N) is 1. The summed E-state index contributed by atoms with van der Waals surface area (Å²) in [6.07, 6.45) is 5.63. The van der Waals surface area contributed by atoms with Gasteiger partial charge in [0.2, 0.25) is 5.16 Å². The Labute approximate surface area is 158 Å². The Morgan fingerprint density at radius 3 is 2.85 bits per heavy atom. The van der Waals surface area contributed by atoms with Crippen LogP contribution in [0.25, 0.3) is 27.7 Å². The molecule has 0 bridgehead atoms. The monoisotopic (exact) mass is 374 g/mol. The van der Waals surface area contributed by atoms with Gasteiger partial charge in [-0.05, 0) is 42.1 Å². The zero-order valence-electron chi connectivity index (χ0n) is 14.3. The summed E-state index contributed by atoms with van der Waals surface area (Å²) in [5.41, 5.74) is 9.47. The van der Waals surface area contributed by atoms with Crippen molar-refractivity contribution in [2.24, 2.45) is 7.05 Å². The fourth-order valence-corrected chi connectivity index (χ4v) is 3.98. The predicted molar refractivity (Wildman–Crippen MR) is 103 cm³/mol. The third kappa shape index (κ3) is 2.68. The minimum absolute atomic E-state index is 0.416. The van der Waals surface area contributed by atoms with Crippen molar-refractivity contribution in [2.75, 3.05) is 5.73 Å². The normalized spacial score (nSPS) is 11.4. The summed E-state index contributed by atoms with van der Waals surface area (Å²) in [5.74, 6) is 0.416. The number of aromatic nitrogens is 7. The molecule has 4 aromatic heterocycles.